The Morgan fingerprint density at radius 2 is 2.05 bits per heavy atom. The Balaban J connectivity index is 1.86. The molecule has 2 heterocycles. The Morgan fingerprint density at radius 1 is 1.25 bits per heavy atom. The van der Waals surface area contributed by atoms with E-state index in [1.807, 2.05) is 48.0 Å². The molecule has 0 bridgehead atoms. The Bertz CT molecular complexity index is 687. The zero-order valence-corrected chi connectivity index (χ0v) is 12.0. The molecular formula is C15H16N4S. The van der Waals surface area contributed by atoms with Gasteiger partial charge in [-0.25, -0.2) is 9.67 Å². The molecule has 1 unspecified atom stereocenters. The van der Waals surface area contributed by atoms with Crippen molar-refractivity contribution >= 4 is 11.3 Å². The lowest BCUT2D eigenvalue weighted by Crippen LogP contribution is -2.18. The van der Waals surface area contributed by atoms with E-state index in [2.05, 4.69) is 15.5 Å². The average molecular weight is 284 g/mol. The topological polar surface area (TPSA) is 56.7 Å². The summed E-state index contributed by atoms with van der Waals surface area (Å²) in [5.74, 6) is 0. The highest BCUT2D eigenvalue weighted by molar-refractivity contribution is 7.09. The average Bonchev–Trinajstić information content (AvgIpc) is 3.09. The van der Waals surface area contributed by atoms with Crippen LogP contribution in [0.1, 0.15) is 22.4 Å². The maximum Gasteiger partial charge on any atom is 0.0897 e. The maximum absolute atomic E-state index is 6.32. The van der Waals surface area contributed by atoms with Crippen molar-refractivity contribution in [2.24, 2.45) is 5.73 Å². The molecule has 0 radical (unpaired) electrons. The van der Waals surface area contributed by atoms with Crippen molar-refractivity contribution < 1.29 is 0 Å². The molecule has 2 aromatic heterocycles. The number of hydrogen-bond donors (Lipinski definition) is 1. The smallest absolute Gasteiger partial charge is 0.0897 e. The summed E-state index contributed by atoms with van der Waals surface area (Å²) >= 11 is 1.66. The molecule has 0 saturated heterocycles. The summed E-state index contributed by atoms with van der Waals surface area (Å²) in [6.07, 6.45) is 2.51. The first-order valence-corrected chi connectivity index (χ1v) is 7.38. The van der Waals surface area contributed by atoms with E-state index < -0.39 is 0 Å². The van der Waals surface area contributed by atoms with Crippen LogP contribution in [-0.2, 0) is 6.42 Å². The molecule has 1 atom stereocenters. The van der Waals surface area contributed by atoms with Gasteiger partial charge in [0, 0.05) is 18.0 Å². The second-order valence-electron chi connectivity index (χ2n) is 4.67. The monoisotopic (exact) mass is 284 g/mol. The third-order valence-electron chi connectivity index (χ3n) is 3.15. The zero-order valence-electron chi connectivity index (χ0n) is 11.2. The second kappa shape index (κ2) is 5.56. The first-order chi connectivity index (χ1) is 9.74. The lowest BCUT2D eigenvalue weighted by molar-refractivity contribution is 0.647. The van der Waals surface area contributed by atoms with E-state index >= 15 is 0 Å². The fourth-order valence-corrected chi connectivity index (χ4v) is 2.84. The number of thiazole rings is 1. The van der Waals surface area contributed by atoms with Crippen LogP contribution in [0, 0.1) is 6.92 Å². The number of nitrogens with zero attached hydrogens (tertiary/aromatic N) is 3. The summed E-state index contributed by atoms with van der Waals surface area (Å²) in [6.45, 7) is 2.01. The van der Waals surface area contributed by atoms with Crippen LogP contribution in [0.2, 0.25) is 0 Å². The van der Waals surface area contributed by atoms with Crippen molar-refractivity contribution in [3.8, 4) is 5.69 Å². The van der Waals surface area contributed by atoms with E-state index in [4.69, 9.17) is 5.73 Å². The normalized spacial score (nSPS) is 12.5. The van der Waals surface area contributed by atoms with E-state index in [0.717, 1.165) is 28.5 Å². The summed E-state index contributed by atoms with van der Waals surface area (Å²) in [4.78, 5) is 4.47. The van der Waals surface area contributed by atoms with Gasteiger partial charge in [-0.15, -0.1) is 11.3 Å². The summed E-state index contributed by atoms with van der Waals surface area (Å²) in [5.41, 5.74) is 9.39. The molecular weight excluding hydrogens is 268 g/mol. The number of aromatic nitrogens is 3. The largest absolute Gasteiger partial charge is 0.322 e. The van der Waals surface area contributed by atoms with Crippen molar-refractivity contribution in [2.75, 3.05) is 0 Å². The fraction of sp³-hybridized carbons (Fsp3) is 0.200. The summed E-state index contributed by atoms with van der Waals surface area (Å²) in [5, 5.41) is 7.51. The van der Waals surface area contributed by atoms with Crippen molar-refractivity contribution in [2.45, 2.75) is 19.4 Å². The zero-order chi connectivity index (χ0) is 13.9. The lowest BCUT2D eigenvalue weighted by atomic mass is 10.1. The first-order valence-electron chi connectivity index (χ1n) is 6.50. The van der Waals surface area contributed by atoms with E-state index in [0.29, 0.717) is 0 Å². The predicted molar refractivity (Wildman–Crippen MR) is 81.0 cm³/mol. The van der Waals surface area contributed by atoms with Gasteiger partial charge < -0.3 is 5.73 Å². The van der Waals surface area contributed by atoms with Crippen LogP contribution in [0.5, 0.6) is 0 Å². The molecule has 0 aliphatic heterocycles. The van der Waals surface area contributed by atoms with Crippen LogP contribution >= 0.6 is 11.3 Å². The molecule has 3 rings (SSSR count). The quantitative estimate of drug-likeness (QED) is 0.801. The van der Waals surface area contributed by atoms with E-state index in [9.17, 15) is 0 Å². The molecule has 0 aliphatic rings. The molecule has 102 valence electrons. The van der Waals surface area contributed by atoms with Crippen LogP contribution in [0.25, 0.3) is 5.69 Å². The Labute approximate surface area is 121 Å². The number of aryl methyl sites for hydroxylation is 1. The van der Waals surface area contributed by atoms with Gasteiger partial charge in [-0.2, -0.15) is 5.10 Å². The summed E-state index contributed by atoms with van der Waals surface area (Å²) in [6, 6.07) is 11.9. The number of nitrogens with two attached hydrogens (primary N) is 1. The molecule has 2 N–H and O–H groups in total. The van der Waals surface area contributed by atoms with E-state index in [1.165, 1.54) is 0 Å². The van der Waals surface area contributed by atoms with Gasteiger partial charge in [-0.1, -0.05) is 18.2 Å². The van der Waals surface area contributed by atoms with Crippen LogP contribution in [0.3, 0.4) is 0 Å². The standard InChI is InChI=1S/C15H16N4S/c1-11-18-12(10-20-11)9-14(16)15-7-8-17-19(15)13-5-3-2-4-6-13/h2-8,10,14H,9,16H2,1H3. The van der Waals surface area contributed by atoms with Gasteiger partial charge in [0.2, 0.25) is 0 Å². The number of rotatable bonds is 4. The molecule has 0 amide bonds. The second-order valence-corrected chi connectivity index (χ2v) is 5.73. The Morgan fingerprint density at radius 3 is 2.75 bits per heavy atom. The minimum atomic E-state index is -0.112. The molecule has 0 spiro atoms. The van der Waals surface area contributed by atoms with E-state index in [1.54, 1.807) is 17.5 Å². The van der Waals surface area contributed by atoms with Crippen molar-refractivity contribution in [1.82, 2.24) is 14.8 Å². The summed E-state index contributed by atoms with van der Waals surface area (Å²) in [7, 11) is 0. The highest BCUT2D eigenvalue weighted by Crippen LogP contribution is 2.20. The predicted octanol–water partition coefficient (Wildman–Crippen LogP) is 2.88. The molecule has 4 nitrogen and oxygen atoms in total. The third-order valence-corrected chi connectivity index (χ3v) is 3.97. The Hall–Kier alpha value is -1.98. The molecule has 20 heavy (non-hydrogen) atoms. The van der Waals surface area contributed by atoms with Crippen LogP contribution < -0.4 is 5.73 Å². The fourth-order valence-electron chi connectivity index (χ4n) is 2.21. The lowest BCUT2D eigenvalue weighted by Gasteiger charge is -2.13. The molecule has 0 aliphatic carbocycles. The van der Waals surface area contributed by atoms with Crippen molar-refractivity contribution in [3.05, 3.63) is 64.4 Å². The Kier molecular flexibility index (Phi) is 3.62. The minimum Gasteiger partial charge on any atom is -0.322 e. The van der Waals surface area contributed by atoms with E-state index in [-0.39, 0.29) is 6.04 Å². The van der Waals surface area contributed by atoms with Crippen molar-refractivity contribution in [3.63, 3.8) is 0 Å². The molecule has 5 heteroatoms. The van der Waals surface area contributed by atoms with Gasteiger partial charge in [0.25, 0.3) is 0 Å². The summed E-state index contributed by atoms with van der Waals surface area (Å²) < 4.78 is 1.89. The number of para-hydroxylation sites is 1. The molecule has 0 fully saturated rings. The van der Waals surface area contributed by atoms with Crippen LogP contribution in [0.15, 0.2) is 48.0 Å². The molecule has 0 saturated carbocycles. The highest BCUT2D eigenvalue weighted by Gasteiger charge is 2.14. The SMILES string of the molecule is Cc1nc(CC(N)c2ccnn2-c2ccccc2)cs1. The van der Waals surface area contributed by atoms with Gasteiger partial charge in [0.1, 0.15) is 0 Å². The van der Waals surface area contributed by atoms with Crippen molar-refractivity contribution in [1.29, 1.82) is 0 Å². The number of hydrogen-bond acceptors (Lipinski definition) is 4. The number of benzene rings is 1. The minimum absolute atomic E-state index is 0.112. The van der Waals surface area contributed by atoms with Crippen LogP contribution in [-0.4, -0.2) is 14.8 Å². The first kappa shape index (κ1) is 13.0. The van der Waals surface area contributed by atoms with Gasteiger partial charge >= 0.3 is 0 Å². The third kappa shape index (κ3) is 2.64. The van der Waals surface area contributed by atoms with Gasteiger partial charge in [0.15, 0.2) is 0 Å². The maximum atomic E-state index is 6.32. The van der Waals surface area contributed by atoms with Crippen LogP contribution in [0.4, 0.5) is 0 Å². The van der Waals surface area contributed by atoms with Gasteiger partial charge in [-0.05, 0) is 25.1 Å². The molecule has 1 aromatic carbocycles. The van der Waals surface area contributed by atoms with Gasteiger partial charge in [-0.3, -0.25) is 0 Å². The van der Waals surface area contributed by atoms with Gasteiger partial charge in [0.05, 0.1) is 28.1 Å². The molecule has 3 aromatic rings. The highest BCUT2D eigenvalue weighted by atomic mass is 32.1.